The van der Waals surface area contributed by atoms with E-state index in [0.29, 0.717) is 30.9 Å². The van der Waals surface area contributed by atoms with Crippen LogP contribution in [0.15, 0.2) is 93.2 Å². The Labute approximate surface area is 310 Å². The number of carbonyl (C=O) groups is 1. The van der Waals surface area contributed by atoms with E-state index in [2.05, 4.69) is 36.6 Å². The van der Waals surface area contributed by atoms with Crippen molar-refractivity contribution in [3.63, 3.8) is 0 Å². The molecule has 0 saturated heterocycles. The molecule has 1 heterocycles. The second-order valence-corrected chi connectivity index (χ2v) is 16.1. The fourth-order valence-corrected chi connectivity index (χ4v) is 8.11. The predicted octanol–water partition coefficient (Wildman–Crippen LogP) is 9.30. The standard InChI is InChI=1S/C38H40Br2N2O7S/c1-38(2,3)49-37(43)42-17-15-28-22-35(48-24-26-11-13-29(46-4)14-12-26)33(41-50(44,45)18-16-25-9-7-6-8-10-25)23-30(28)34(42)21-27-19-31(39)36(47-5)32(40)20-27/h6-14,16,18-20,22-23,34,41H,15,17,21,24H2,1-5H3/b18-16+. The lowest BCUT2D eigenvalue weighted by atomic mass is 9.88. The summed E-state index contributed by atoms with van der Waals surface area (Å²) in [5, 5.41) is 1.13. The molecule has 50 heavy (non-hydrogen) atoms. The SMILES string of the molecule is COc1ccc(COc2cc3c(cc2NS(=O)(=O)/C=C/c2ccccc2)C(Cc2cc(Br)c(OC)c(Br)c2)N(C(=O)OC(C)(C)C)CC3)cc1. The third kappa shape index (κ3) is 9.61. The summed E-state index contributed by atoms with van der Waals surface area (Å²) in [4.78, 5) is 15.4. The molecular weight excluding hydrogens is 788 g/mol. The number of fused-ring (bicyclic) bond motifs is 1. The van der Waals surface area contributed by atoms with E-state index in [-0.39, 0.29) is 12.3 Å². The first-order chi connectivity index (χ1) is 23.7. The van der Waals surface area contributed by atoms with Crippen LogP contribution in [0.5, 0.6) is 17.2 Å². The number of methoxy groups -OCH3 is 2. The molecule has 1 atom stereocenters. The van der Waals surface area contributed by atoms with E-state index < -0.39 is 27.8 Å². The molecule has 4 aromatic rings. The van der Waals surface area contributed by atoms with E-state index >= 15 is 0 Å². The number of rotatable bonds is 11. The second-order valence-electron chi connectivity index (χ2n) is 12.8. The van der Waals surface area contributed by atoms with Crippen LogP contribution >= 0.6 is 31.9 Å². The number of carbonyl (C=O) groups excluding carboxylic acids is 1. The summed E-state index contributed by atoms with van der Waals surface area (Å²) < 4.78 is 54.2. The van der Waals surface area contributed by atoms with Gasteiger partial charge in [0.15, 0.2) is 0 Å². The van der Waals surface area contributed by atoms with Crippen LogP contribution in [0.2, 0.25) is 0 Å². The van der Waals surface area contributed by atoms with E-state index in [1.807, 2.05) is 93.6 Å². The summed E-state index contributed by atoms with van der Waals surface area (Å²) >= 11 is 7.20. The highest BCUT2D eigenvalue weighted by Gasteiger charge is 2.35. The largest absolute Gasteiger partial charge is 0.497 e. The van der Waals surface area contributed by atoms with Crippen molar-refractivity contribution < 1.29 is 32.2 Å². The van der Waals surface area contributed by atoms with Crippen LogP contribution in [0.4, 0.5) is 10.5 Å². The lowest BCUT2D eigenvalue weighted by Gasteiger charge is -2.39. The Kier molecular flexibility index (Phi) is 11.9. The highest BCUT2D eigenvalue weighted by atomic mass is 79.9. The van der Waals surface area contributed by atoms with Crippen LogP contribution in [-0.2, 0) is 34.2 Å². The van der Waals surface area contributed by atoms with Gasteiger partial charge in [-0.2, -0.15) is 0 Å². The fraction of sp³-hybridized carbons (Fsp3) is 0.289. The Bertz CT molecular complexity index is 1940. The number of anilines is 1. The van der Waals surface area contributed by atoms with Gasteiger partial charge in [0.25, 0.3) is 10.0 Å². The van der Waals surface area contributed by atoms with Gasteiger partial charge in [0.2, 0.25) is 0 Å². The summed E-state index contributed by atoms with van der Waals surface area (Å²) in [5.74, 6) is 1.74. The van der Waals surface area contributed by atoms with E-state index in [0.717, 1.165) is 47.9 Å². The molecule has 1 unspecified atom stereocenters. The van der Waals surface area contributed by atoms with Crippen LogP contribution in [0, 0.1) is 0 Å². The Balaban J connectivity index is 1.57. The van der Waals surface area contributed by atoms with Gasteiger partial charge in [-0.15, -0.1) is 0 Å². The summed E-state index contributed by atoms with van der Waals surface area (Å²) in [7, 11) is -0.782. The Morgan fingerprint density at radius 2 is 1.62 bits per heavy atom. The van der Waals surface area contributed by atoms with E-state index in [1.165, 1.54) is 6.08 Å². The molecular formula is C38H40Br2N2O7S. The second kappa shape index (κ2) is 15.9. The average molecular weight is 829 g/mol. The maximum Gasteiger partial charge on any atom is 0.410 e. The number of hydrogen-bond donors (Lipinski definition) is 1. The first-order valence-electron chi connectivity index (χ1n) is 16.0. The molecule has 264 valence electrons. The summed E-state index contributed by atoms with van der Waals surface area (Å²) in [6, 6.07) is 23.7. The molecule has 0 aliphatic carbocycles. The number of nitrogens with one attached hydrogen (secondary N) is 1. The molecule has 0 spiro atoms. The van der Waals surface area contributed by atoms with Crippen molar-refractivity contribution in [3.8, 4) is 17.2 Å². The van der Waals surface area contributed by atoms with Gasteiger partial charge in [-0.25, -0.2) is 13.2 Å². The lowest BCUT2D eigenvalue weighted by molar-refractivity contribution is 0.0141. The molecule has 0 fully saturated rings. The molecule has 0 saturated carbocycles. The van der Waals surface area contributed by atoms with Crippen LogP contribution in [0.25, 0.3) is 6.08 Å². The average Bonchev–Trinajstić information content (AvgIpc) is 3.06. The van der Waals surface area contributed by atoms with E-state index in [9.17, 15) is 13.2 Å². The number of nitrogens with zero attached hydrogens (tertiary/aromatic N) is 1. The first kappa shape index (κ1) is 37.3. The summed E-state index contributed by atoms with van der Waals surface area (Å²) in [6.07, 6.45) is 2.01. The normalized spacial score (nSPS) is 14.6. The molecule has 0 aromatic heterocycles. The fourth-order valence-electron chi connectivity index (χ4n) is 5.64. The van der Waals surface area contributed by atoms with Crippen LogP contribution in [0.1, 0.15) is 54.6 Å². The van der Waals surface area contributed by atoms with E-state index in [1.54, 1.807) is 25.2 Å². The van der Waals surface area contributed by atoms with Crippen molar-refractivity contribution in [1.82, 2.24) is 4.90 Å². The zero-order valence-electron chi connectivity index (χ0n) is 28.5. The molecule has 1 aliphatic rings. The van der Waals surface area contributed by atoms with Gasteiger partial charge in [-0.3, -0.25) is 4.72 Å². The Morgan fingerprint density at radius 1 is 0.940 bits per heavy atom. The Morgan fingerprint density at radius 3 is 2.24 bits per heavy atom. The van der Waals surface area contributed by atoms with Gasteiger partial charge in [-0.1, -0.05) is 42.5 Å². The molecule has 1 aliphatic heterocycles. The minimum atomic E-state index is -3.98. The van der Waals surface area contributed by atoms with Gasteiger partial charge in [-0.05, 0) is 136 Å². The summed E-state index contributed by atoms with van der Waals surface area (Å²) in [5.41, 5.74) is 3.81. The zero-order chi connectivity index (χ0) is 36.1. The van der Waals surface area contributed by atoms with Gasteiger partial charge >= 0.3 is 6.09 Å². The van der Waals surface area contributed by atoms with Crippen molar-refractivity contribution in [2.24, 2.45) is 0 Å². The van der Waals surface area contributed by atoms with Gasteiger partial charge in [0.1, 0.15) is 29.5 Å². The van der Waals surface area contributed by atoms with Crippen LogP contribution < -0.4 is 18.9 Å². The van der Waals surface area contributed by atoms with Gasteiger partial charge in [0.05, 0.1) is 40.3 Å². The van der Waals surface area contributed by atoms with Crippen molar-refractivity contribution in [1.29, 1.82) is 0 Å². The quantitative estimate of drug-likeness (QED) is 0.161. The number of benzene rings is 4. The molecule has 0 radical (unpaired) electrons. The highest BCUT2D eigenvalue weighted by Crippen LogP contribution is 2.42. The predicted molar refractivity (Wildman–Crippen MR) is 203 cm³/mol. The number of amides is 1. The maximum atomic E-state index is 13.7. The van der Waals surface area contributed by atoms with Crippen molar-refractivity contribution in [3.05, 3.63) is 121 Å². The van der Waals surface area contributed by atoms with Crippen LogP contribution in [0.3, 0.4) is 0 Å². The molecule has 9 nitrogen and oxygen atoms in total. The molecule has 0 bridgehead atoms. The smallest absolute Gasteiger partial charge is 0.410 e. The van der Waals surface area contributed by atoms with Crippen molar-refractivity contribution in [2.45, 2.75) is 51.9 Å². The first-order valence-corrected chi connectivity index (χ1v) is 19.1. The van der Waals surface area contributed by atoms with Gasteiger partial charge in [0, 0.05) is 6.54 Å². The van der Waals surface area contributed by atoms with E-state index in [4.69, 9.17) is 18.9 Å². The molecule has 1 N–H and O–H groups in total. The highest BCUT2D eigenvalue weighted by molar-refractivity contribution is 9.11. The number of hydrogen-bond acceptors (Lipinski definition) is 7. The minimum Gasteiger partial charge on any atom is -0.497 e. The van der Waals surface area contributed by atoms with Crippen molar-refractivity contribution >= 4 is 59.7 Å². The molecule has 5 rings (SSSR count). The van der Waals surface area contributed by atoms with Crippen molar-refractivity contribution in [2.75, 3.05) is 25.5 Å². The summed E-state index contributed by atoms with van der Waals surface area (Å²) in [6.45, 7) is 6.08. The Hall–Kier alpha value is -4.00. The molecule has 4 aromatic carbocycles. The number of ether oxygens (including phenoxy) is 4. The minimum absolute atomic E-state index is 0.193. The third-order valence-corrected chi connectivity index (χ3v) is 10.1. The third-order valence-electron chi connectivity index (χ3n) is 7.96. The van der Waals surface area contributed by atoms with Gasteiger partial charge < -0.3 is 23.8 Å². The number of sulfonamides is 1. The topological polar surface area (TPSA) is 103 Å². The molecule has 12 heteroatoms. The maximum absolute atomic E-state index is 13.7. The zero-order valence-corrected chi connectivity index (χ0v) is 32.5. The monoisotopic (exact) mass is 826 g/mol. The molecule has 1 amide bonds. The van der Waals surface area contributed by atoms with Crippen LogP contribution in [-0.4, -0.2) is 45.8 Å². The number of halogens is 2. The lowest BCUT2D eigenvalue weighted by Crippen LogP contribution is -2.43.